The molecule has 0 spiro atoms. The van der Waals surface area contributed by atoms with Crippen molar-refractivity contribution in [1.82, 2.24) is 0 Å². The van der Waals surface area contributed by atoms with Crippen molar-refractivity contribution < 1.29 is 0 Å². The predicted octanol–water partition coefficient (Wildman–Crippen LogP) is 1.93. The van der Waals surface area contributed by atoms with E-state index in [1.54, 1.807) is 6.42 Å². The van der Waals surface area contributed by atoms with E-state index < -0.39 is 0 Å². The summed E-state index contributed by atoms with van der Waals surface area (Å²) in [4.78, 5) is 0. The third kappa shape index (κ3) is 0.181. The van der Waals surface area contributed by atoms with E-state index in [1.807, 2.05) is 0 Å². The normalized spacial score (nSPS) is 89.3. The molecule has 0 aromatic carbocycles. The van der Waals surface area contributed by atoms with Crippen LogP contribution in [0.25, 0.3) is 0 Å². The average molecular weight is 144 g/mol. The van der Waals surface area contributed by atoms with E-state index in [1.165, 1.54) is 29.6 Å². The third-order valence-electron chi connectivity index (χ3n) is 6.20. The Balaban J connectivity index is 1.84. The van der Waals surface area contributed by atoms with Gasteiger partial charge in [-0.3, -0.25) is 0 Å². The lowest BCUT2D eigenvalue weighted by molar-refractivity contribution is -0.425. The smallest absolute Gasteiger partial charge is 0.00193 e. The molecule has 6 aliphatic carbocycles. The summed E-state index contributed by atoms with van der Waals surface area (Å²) in [5.74, 6) is 8.33. The molecule has 0 N–H and O–H groups in total. The van der Waals surface area contributed by atoms with Gasteiger partial charge >= 0.3 is 0 Å². The summed E-state index contributed by atoms with van der Waals surface area (Å²) in [5, 5.41) is 0. The molecule has 0 radical (unpaired) electrons. The summed E-state index contributed by atoms with van der Waals surface area (Å²) in [6, 6.07) is 0. The van der Waals surface area contributed by atoms with Gasteiger partial charge in [0, 0.05) is 0 Å². The topological polar surface area (TPSA) is 0 Å². The minimum Gasteiger partial charge on any atom is -0.102 e. The Bertz CT molecular complexity index is 279. The highest BCUT2D eigenvalue weighted by Gasteiger charge is 2.96. The Morgan fingerprint density at radius 1 is 1.09 bits per heavy atom. The molecule has 0 aromatic heterocycles. The van der Waals surface area contributed by atoms with Gasteiger partial charge in [0.1, 0.15) is 0 Å². The van der Waals surface area contributed by atoms with Gasteiger partial charge in [-0.1, -0.05) is 6.08 Å². The fourth-order valence-electron chi connectivity index (χ4n) is 6.39. The van der Waals surface area contributed by atoms with Crippen LogP contribution >= 0.6 is 0 Å². The van der Waals surface area contributed by atoms with Crippen LogP contribution in [0.1, 0.15) is 6.42 Å². The first-order valence-corrected chi connectivity index (χ1v) is 5.05. The van der Waals surface area contributed by atoms with Crippen molar-refractivity contribution in [3.05, 3.63) is 12.7 Å². The van der Waals surface area contributed by atoms with Crippen molar-refractivity contribution >= 4 is 0 Å². The first-order valence-electron chi connectivity index (χ1n) is 5.05. The molecular formula is C11H12. The van der Waals surface area contributed by atoms with Crippen LogP contribution in [0.3, 0.4) is 0 Å². The van der Waals surface area contributed by atoms with Gasteiger partial charge in [-0.2, -0.15) is 0 Å². The Morgan fingerprint density at radius 3 is 2.36 bits per heavy atom. The fraction of sp³-hybridized carbons (Fsp3) is 0.818. The van der Waals surface area contributed by atoms with Gasteiger partial charge in [0.15, 0.2) is 0 Å². The molecule has 11 heavy (non-hydrogen) atoms. The lowest BCUT2D eigenvalue weighted by atomic mass is 9.13. The highest BCUT2D eigenvalue weighted by atomic mass is 15.0. The molecule has 6 saturated carbocycles. The van der Waals surface area contributed by atoms with Crippen molar-refractivity contribution in [2.24, 2.45) is 46.8 Å². The van der Waals surface area contributed by atoms with Gasteiger partial charge in [0.25, 0.3) is 0 Å². The molecule has 6 fully saturated rings. The minimum absolute atomic E-state index is 0.757. The van der Waals surface area contributed by atoms with Gasteiger partial charge in [-0.15, -0.1) is 6.58 Å². The molecule has 0 heteroatoms. The SMILES string of the molecule is C=CC12C3[C@H]4C5CC([C@H]41)[C@H]2[C@H]53. The Hall–Kier alpha value is -0.260. The zero-order valence-electron chi connectivity index (χ0n) is 6.53. The minimum atomic E-state index is 0.757. The predicted molar refractivity (Wildman–Crippen MR) is 41.7 cm³/mol. The molecule has 0 aliphatic heterocycles. The average Bonchev–Trinajstić information content (AvgIpc) is 2.27. The monoisotopic (exact) mass is 144 g/mol. The zero-order chi connectivity index (χ0) is 6.96. The highest BCUT2D eigenvalue weighted by Crippen LogP contribution is 3.00. The van der Waals surface area contributed by atoms with Crippen LogP contribution in [-0.2, 0) is 0 Å². The molecule has 0 heterocycles. The molecule has 6 aliphatic rings. The second-order valence-corrected chi connectivity index (χ2v) is 5.50. The highest BCUT2D eigenvalue weighted by molar-refractivity contribution is 5.47. The Kier molecular flexibility index (Phi) is 0.384. The maximum absolute atomic E-state index is 4.04. The quantitative estimate of drug-likeness (QED) is 0.493. The molecule has 6 rings (SSSR count). The summed E-state index contributed by atoms with van der Waals surface area (Å²) >= 11 is 0. The van der Waals surface area contributed by atoms with Gasteiger partial charge in [0.05, 0.1) is 0 Å². The summed E-state index contributed by atoms with van der Waals surface area (Å²) in [7, 11) is 0. The van der Waals surface area contributed by atoms with Crippen LogP contribution in [-0.4, -0.2) is 0 Å². The number of rotatable bonds is 1. The zero-order valence-corrected chi connectivity index (χ0v) is 6.53. The molecule has 8 atom stereocenters. The van der Waals surface area contributed by atoms with E-state index in [0.717, 1.165) is 17.3 Å². The largest absolute Gasteiger partial charge is 0.102 e. The summed E-state index contributed by atoms with van der Waals surface area (Å²) < 4.78 is 0. The van der Waals surface area contributed by atoms with E-state index in [0.29, 0.717) is 0 Å². The van der Waals surface area contributed by atoms with E-state index in [9.17, 15) is 0 Å². The third-order valence-corrected chi connectivity index (χ3v) is 6.20. The van der Waals surface area contributed by atoms with Gasteiger partial charge in [-0.05, 0) is 53.3 Å². The van der Waals surface area contributed by atoms with E-state index in [4.69, 9.17) is 0 Å². The molecule has 4 unspecified atom stereocenters. The fourth-order valence-corrected chi connectivity index (χ4v) is 6.39. The Morgan fingerprint density at radius 2 is 1.82 bits per heavy atom. The van der Waals surface area contributed by atoms with Crippen molar-refractivity contribution in [3.8, 4) is 0 Å². The van der Waals surface area contributed by atoms with Crippen LogP contribution < -0.4 is 0 Å². The maximum atomic E-state index is 4.04. The van der Waals surface area contributed by atoms with Crippen molar-refractivity contribution in [2.45, 2.75) is 6.42 Å². The van der Waals surface area contributed by atoms with E-state index in [2.05, 4.69) is 12.7 Å². The van der Waals surface area contributed by atoms with Gasteiger partial charge < -0.3 is 0 Å². The standard InChI is InChI=1S/C11H12/c1-2-11-8-5-3-4-6(8)10(11)7(4)9(5)11/h2,4-10H,1,3H2/t4?,5?,6-,7-,8-,9+,10?,11?/m0/s1. The summed E-state index contributed by atoms with van der Waals surface area (Å²) in [5.41, 5.74) is 0.757. The van der Waals surface area contributed by atoms with E-state index >= 15 is 0 Å². The van der Waals surface area contributed by atoms with Crippen LogP contribution in [0.15, 0.2) is 12.7 Å². The Labute approximate surface area is 66.7 Å². The van der Waals surface area contributed by atoms with Crippen LogP contribution in [0.2, 0.25) is 0 Å². The molecule has 0 amide bonds. The maximum Gasteiger partial charge on any atom is -0.00193 e. The second-order valence-electron chi connectivity index (χ2n) is 5.50. The van der Waals surface area contributed by atoms with Gasteiger partial charge in [-0.25, -0.2) is 0 Å². The lowest BCUT2D eigenvalue weighted by Gasteiger charge is -2.90. The second kappa shape index (κ2) is 0.901. The molecule has 0 nitrogen and oxygen atoms in total. The summed E-state index contributed by atoms with van der Waals surface area (Å²) in [6.07, 6.45) is 3.95. The summed E-state index contributed by atoms with van der Waals surface area (Å²) in [6.45, 7) is 4.04. The van der Waals surface area contributed by atoms with Crippen molar-refractivity contribution in [2.75, 3.05) is 0 Å². The van der Waals surface area contributed by atoms with Gasteiger partial charge in [0.2, 0.25) is 0 Å². The number of hydrogen-bond donors (Lipinski definition) is 0. The lowest BCUT2D eigenvalue weighted by Crippen LogP contribution is -2.88. The first kappa shape index (κ1) is 4.69. The molecule has 2 bridgehead atoms. The van der Waals surface area contributed by atoms with E-state index in [-0.39, 0.29) is 0 Å². The molecule has 0 aromatic rings. The first-order chi connectivity index (χ1) is 5.41. The van der Waals surface area contributed by atoms with Crippen molar-refractivity contribution in [1.29, 1.82) is 0 Å². The molecule has 56 valence electrons. The number of hydrogen-bond acceptors (Lipinski definition) is 0. The van der Waals surface area contributed by atoms with Crippen LogP contribution in [0.5, 0.6) is 0 Å². The number of allylic oxidation sites excluding steroid dienone is 1. The van der Waals surface area contributed by atoms with Crippen molar-refractivity contribution in [3.63, 3.8) is 0 Å². The molecule has 0 saturated heterocycles. The van der Waals surface area contributed by atoms with Crippen LogP contribution in [0.4, 0.5) is 0 Å². The van der Waals surface area contributed by atoms with Crippen LogP contribution in [0, 0.1) is 46.8 Å². The molecular weight excluding hydrogens is 132 g/mol.